The van der Waals surface area contributed by atoms with Crippen LogP contribution in [0.1, 0.15) is 25.7 Å². The van der Waals surface area contributed by atoms with Gasteiger partial charge in [0, 0.05) is 5.69 Å². The van der Waals surface area contributed by atoms with Gasteiger partial charge in [0.1, 0.15) is 0 Å². The summed E-state index contributed by atoms with van der Waals surface area (Å²) < 4.78 is 0. The molecule has 0 spiro atoms. The maximum atomic E-state index is 12.1. The Morgan fingerprint density at radius 2 is 2.15 bits per heavy atom. The average molecular weight is 274 g/mol. The molecule has 6 heteroatoms. The van der Waals surface area contributed by atoms with Gasteiger partial charge in [-0.2, -0.15) is 0 Å². The largest absolute Gasteiger partial charge is 0.399 e. The molecule has 0 amide bonds. The Morgan fingerprint density at radius 1 is 1.40 bits per heavy atom. The topological polar surface area (TPSA) is 104 Å². The first-order chi connectivity index (χ1) is 9.62. The van der Waals surface area contributed by atoms with E-state index in [1.54, 1.807) is 18.2 Å². The van der Waals surface area contributed by atoms with Crippen LogP contribution in [-0.2, 0) is 0 Å². The first-order valence-corrected chi connectivity index (χ1v) is 6.80. The molecule has 1 saturated carbocycles. The summed E-state index contributed by atoms with van der Waals surface area (Å²) in [7, 11) is 0. The van der Waals surface area contributed by atoms with Gasteiger partial charge < -0.3 is 16.2 Å². The van der Waals surface area contributed by atoms with Gasteiger partial charge in [-0.05, 0) is 31.0 Å². The van der Waals surface area contributed by atoms with Crippen molar-refractivity contribution in [2.45, 2.75) is 31.2 Å². The third-order valence-corrected chi connectivity index (χ3v) is 3.98. The van der Waals surface area contributed by atoms with Gasteiger partial charge in [-0.15, -0.1) is 0 Å². The zero-order valence-corrected chi connectivity index (χ0v) is 11.1. The van der Waals surface area contributed by atoms with Crippen LogP contribution in [0.15, 0.2) is 23.0 Å². The van der Waals surface area contributed by atoms with E-state index in [9.17, 15) is 9.90 Å². The number of aromatic nitrogens is 2. The molecule has 20 heavy (non-hydrogen) atoms. The molecule has 0 aliphatic heterocycles. The second-order valence-corrected chi connectivity index (χ2v) is 5.46. The molecular formula is C14H18N4O2. The average Bonchev–Trinajstić information content (AvgIpc) is 2.89. The fraction of sp³-hybridized carbons (Fsp3) is 0.429. The van der Waals surface area contributed by atoms with E-state index in [-0.39, 0.29) is 17.7 Å². The van der Waals surface area contributed by atoms with Crippen molar-refractivity contribution < 1.29 is 5.11 Å². The lowest BCUT2D eigenvalue weighted by Crippen LogP contribution is -2.40. The minimum Gasteiger partial charge on any atom is -0.399 e. The molecule has 1 aromatic carbocycles. The zero-order valence-electron chi connectivity index (χ0n) is 11.1. The predicted molar refractivity (Wildman–Crippen MR) is 78.7 cm³/mol. The fourth-order valence-electron chi connectivity index (χ4n) is 2.84. The third kappa shape index (κ3) is 2.22. The molecule has 1 fully saturated rings. The maximum Gasteiger partial charge on any atom is 0.260 e. The van der Waals surface area contributed by atoms with Crippen LogP contribution in [0.25, 0.3) is 10.9 Å². The smallest absolute Gasteiger partial charge is 0.260 e. The minimum absolute atomic E-state index is 0.0382. The Kier molecular flexibility index (Phi) is 3.10. The highest BCUT2D eigenvalue weighted by molar-refractivity contribution is 5.81. The van der Waals surface area contributed by atoms with E-state index in [1.165, 1.54) is 0 Å². The van der Waals surface area contributed by atoms with Crippen molar-refractivity contribution in [3.8, 4) is 0 Å². The van der Waals surface area contributed by atoms with Crippen LogP contribution in [0.3, 0.4) is 0 Å². The zero-order chi connectivity index (χ0) is 14.2. The molecule has 0 bridgehead atoms. The van der Waals surface area contributed by atoms with Crippen molar-refractivity contribution in [3.05, 3.63) is 28.6 Å². The SMILES string of the molecule is Nc1ccc2nc(NC3(CO)CCCC3)[nH]c(=O)c2c1. The van der Waals surface area contributed by atoms with E-state index in [1.807, 2.05) is 0 Å². The number of rotatable bonds is 3. The van der Waals surface area contributed by atoms with Crippen molar-refractivity contribution in [3.63, 3.8) is 0 Å². The van der Waals surface area contributed by atoms with E-state index in [0.717, 1.165) is 25.7 Å². The van der Waals surface area contributed by atoms with Crippen molar-refractivity contribution in [2.24, 2.45) is 0 Å². The summed E-state index contributed by atoms with van der Waals surface area (Å²) in [6.07, 6.45) is 3.91. The van der Waals surface area contributed by atoms with Crippen molar-refractivity contribution in [1.29, 1.82) is 0 Å². The summed E-state index contributed by atoms with van der Waals surface area (Å²) in [6, 6.07) is 5.06. The predicted octanol–water partition coefficient (Wildman–Crippen LogP) is 1.22. The van der Waals surface area contributed by atoms with Gasteiger partial charge in [-0.1, -0.05) is 12.8 Å². The van der Waals surface area contributed by atoms with E-state index >= 15 is 0 Å². The van der Waals surface area contributed by atoms with Gasteiger partial charge in [0.25, 0.3) is 5.56 Å². The molecule has 1 aliphatic rings. The Bertz CT molecular complexity index is 689. The van der Waals surface area contributed by atoms with Gasteiger partial charge in [0.2, 0.25) is 5.95 Å². The molecule has 1 heterocycles. The van der Waals surface area contributed by atoms with Gasteiger partial charge in [-0.25, -0.2) is 4.98 Å². The summed E-state index contributed by atoms with van der Waals surface area (Å²) in [6.45, 7) is 0.0382. The van der Waals surface area contributed by atoms with Crippen molar-refractivity contribution in [2.75, 3.05) is 17.7 Å². The lowest BCUT2D eigenvalue weighted by atomic mass is 9.99. The third-order valence-electron chi connectivity index (χ3n) is 3.98. The van der Waals surface area contributed by atoms with Gasteiger partial charge in [0.05, 0.1) is 23.0 Å². The summed E-state index contributed by atoms with van der Waals surface area (Å²) in [5.41, 5.74) is 6.22. The van der Waals surface area contributed by atoms with E-state index in [2.05, 4.69) is 15.3 Å². The molecular weight excluding hydrogens is 256 g/mol. The van der Waals surface area contributed by atoms with Gasteiger partial charge in [-0.3, -0.25) is 9.78 Å². The van der Waals surface area contributed by atoms with Crippen molar-refractivity contribution in [1.82, 2.24) is 9.97 Å². The number of fused-ring (bicyclic) bond motifs is 1. The molecule has 5 N–H and O–H groups in total. The van der Waals surface area contributed by atoms with E-state index < -0.39 is 0 Å². The molecule has 6 nitrogen and oxygen atoms in total. The van der Waals surface area contributed by atoms with E-state index in [4.69, 9.17) is 5.73 Å². The molecule has 1 aliphatic carbocycles. The molecule has 106 valence electrons. The molecule has 0 unspecified atom stereocenters. The fourth-order valence-corrected chi connectivity index (χ4v) is 2.84. The quantitative estimate of drug-likeness (QED) is 0.630. The monoisotopic (exact) mass is 274 g/mol. The number of benzene rings is 1. The molecule has 0 saturated heterocycles. The van der Waals surface area contributed by atoms with Gasteiger partial charge >= 0.3 is 0 Å². The summed E-state index contributed by atoms with van der Waals surface area (Å²) in [5, 5.41) is 13.3. The summed E-state index contributed by atoms with van der Waals surface area (Å²) in [4.78, 5) is 19.2. The Hall–Kier alpha value is -2.08. The number of nitrogens with two attached hydrogens (primary N) is 1. The van der Waals surface area contributed by atoms with Crippen LogP contribution < -0.4 is 16.6 Å². The summed E-state index contributed by atoms with van der Waals surface area (Å²) >= 11 is 0. The number of anilines is 2. The maximum absolute atomic E-state index is 12.1. The van der Waals surface area contributed by atoms with Crippen LogP contribution >= 0.6 is 0 Å². The number of aliphatic hydroxyl groups is 1. The van der Waals surface area contributed by atoms with Crippen LogP contribution in [0.2, 0.25) is 0 Å². The lowest BCUT2D eigenvalue weighted by molar-refractivity contribution is 0.213. The number of H-pyrrole nitrogens is 1. The summed E-state index contributed by atoms with van der Waals surface area (Å²) in [5.74, 6) is 0.406. The van der Waals surface area contributed by atoms with Crippen LogP contribution in [-0.4, -0.2) is 27.2 Å². The second-order valence-electron chi connectivity index (χ2n) is 5.46. The number of nitrogens with zero attached hydrogens (tertiary/aromatic N) is 1. The molecule has 0 radical (unpaired) electrons. The normalized spacial score (nSPS) is 17.4. The number of aromatic amines is 1. The first kappa shape index (κ1) is 12.9. The first-order valence-electron chi connectivity index (χ1n) is 6.80. The molecule has 3 rings (SSSR count). The van der Waals surface area contributed by atoms with Crippen LogP contribution in [0.5, 0.6) is 0 Å². The lowest BCUT2D eigenvalue weighted by Gasteiger charge is -2.28. The molecule has 0 atom stereocenters. The van der Waals surface area contributed by atoms with Gasteiger partial charge in [0.15, 0.2) is 0 Å². The Labute approximate surface area is 116 Å². The highest BCUT2D eigenvalue weighted by Gasteiger charge is 2.33. The molecule has 2 aromatic rings. The Balaban J connectivity index is 2.00. The standard InChI is InChI=1S/C14H18N4O2/c15-9-3-4-11-10(7-9)12(20)17-13(16-11)18-14(8-19)5-1-2-6-14/h3-4,7,19H,1-2,5-6,8,15H2,(H2,16,17,18,20). The van der Waals surface area contributed by atoms with Crippen LogP contribution in [0.4, 0.5) is 11.6 Å². The van der Waals surface area contributed by atoms with Crippen molar-refractivity contribution >= 4 is 22.5 Å². The molecule has 1 aromatic heterocycles. The number of hydrogen-bond donors (Lipinski definition) is 4. The number of hydrogen-bond acceptors (Lipinski definition) is 5. The Morgan fingerprint density at radius 3 is 2.85 bits per heavy atom. The minimum atomic E-state index is -0.364. The number of nitrogen functional groups attached to an aromatic ring is 1. The second kappa shape index (κ2) is 4.79. The number of nitrogens with one attached hydrogen (secondary N) is 2. The highest BCUT2D eigenvalue weighted by atomic mass is 16.3. The highest BCUT2D eigenvalue weighted by Crippen LogP contribution is 2.31. The van der Waals surface area contributed by atoms with Crippen LogP contribution in [0, 0.1) is 0 Å². The number of aliphatic hydroxyl groups excluding tert-OH is 1. The van der Waals surface area contributed by atoms with E-state index in [0.29, 0.717) is 22.5 Å².